The number of hydrogen-bond acceptors (Lipinski definition) is 2. The Bertz CT molecular complexity index is 3330. The fraction of sp³-hybridized carbons (Fsp3) is 0.0545. The van der Waals surface area contributed by atoms with E-state index >= 15 is 0 Å². The van der Waals surface area contributed by atoms with E-state index in [2.05, 4.69) is 205 Å². The van der Waals surface area contributed by atoms with Crippen LogP contribution in [0.2, 0.25) is 19.6 Å². The van der Waals surface area contributed by atoms with Gasteiger partial charge < -0.3 is 9.13 Å². The van der Waals surface area contributed by atoms with Crippen molar-refractivity contribution in [3.05, 3.63) is 200 Å². The highest BCUT2D eigenvalue weighted by Gasteiger charge is 2.19. The average molecular weight is 787 g/mol. The third-order valence-corrected chi connectivity index (χ3v) is 14.0. The summed E-state index contributed by atoms with van der Waals surface area (Å²) >= 11 is 0. The third-order valence-electron chi connectivity index (χ3n) is 11.9. The molecule has 0 aliphatic heterocycles. The first-order valence-corrected chi connectivity index (χ1v) is 24.2. The van der Waals surface area contributed by atoms with Crippen LogP contribution in [0.3, 0.4) is 0 Å². The summed E-state index contributed by atoms with van der Waals surface area (Å²) in [5.41, 5.74) is 14.2. The number of fused-ring (bicyclic) bond motifs is 6. The van der Waals surface area contributed by atoms with Gasteiger partial charge in [-0.25, -0.2) is 9.97 Å². The summed E-state index contributed by atoms with van der Waals surface area (Å²) in [6.45, 7) is 7.21. The Balaban J connectivity index is 1.05. The molecule has 0 spiro atoms. The lowest BCUT2D eigenvalue weighted by Crippen LogP contribution is -2.37. The highest BCUT2D eigenvalue weighted by Crippen LogP contribution is 2.39. The standard InChI is InChI=1S/C55H42N4Si/c1-60(2,3)44-29-27-42(28-30-44)58-52-24-13-11-22-46(52)48-34-39(26-32-53(48)58)40-25-31-47-45-21-10-12-23-51(45)59(54(47)35-40)43-20-14-19-41(33-43)50-36-49(37-15-6-4-7-16-37)56-55(57-50)38-17-8-5-9-18-38/h4-36H,1-3H3. The molecule has 0 radical (unpaired) electrons. The Morgan fingerprint density at radius 3 is 1.57 bits per heavy atom. The normalized spacial score (nSPS) is 11.9. The van der Waals surface area contributed by atoms with E-state index in [0.717, 1.165) is 44.8 Å². The molecule has 3 heterocycles. The van der Waals surface area contributed by atoms with Crippen LogP contribution in [0.25, 0.3) is 100 Å². The molecule has 11 aromatic rings. The number of benzene rings is 8. The molecule has 60 heavy (non-hydrogen) atoms. The van der Waals surface area contributed by atoms with Crippen LogP contribution < -0.4 is 5.19 Å². The molecule has 0 unspecified atom stereocenters. The second-order valence-corrected chi connectivity index (χ2v) is 21.8. The fourth-order valence-electron chi connectivity index (χ4n) is 8.84. The summed E-state index contributed by atoms with van der Waals surface area (Å²) in [4.78, 5) is 10.2. The minimum absolute atomic E-state index is 0.707. The van der Waals surface area contributed by atoms with Crippen molar-refractivity contribution >= 4 is 56.9 Å². The van der Waals surface area contributed by atoms with Crippen LogP contribution in [0.1, 0.15) is 0 Å². The van der Waals surface area contributed by atoms with Crippen molar-refractivity contribution in [2.45, 2.75) is 19.6 Å². The molecule has 5 heteroatoms. The lowest BCUT2D eigenvalue weighted by Gasteiger charge is -2.17. The predicted octanol–water partition coefficient (Wildman–Crippen LogP) is 13.9. The molecule has 0 saturated carbocycles. The summed E-state index contributed by atoms with van der Waals surface area (Å²) in [5.74, 6) is 0.707. The van der Waals surface area contributed by atoms with E-state index in [9.17, 15) is 0 Å². The summed E-state index contributed by atoms with van der Waals surface area (Å²) in [5, 5.41) is 6.42. The van der Waals surface area contributed by atoms with Gasteiger partial charge in [-0.3, -0.25) is 0 Å². The van der Waals surface area contributed by atoms with Gasteiger partial charge in [0, 0.05) is 49.6 Å². The zero-order valence-corrected chi connectivity index (χ0v) is 34.8. The van der Waals surface area contributed by atoms with Crippen molar-refractivity contribution in [2.24, 2.45) is 0 Å². The van der Waals surface area contributed by atoms with E-state index in [1.165, 1.54) is 54.6 Å². The summed E-state index contributed by atoms with van der Waals surface area (Å²) in [7, 11) is -1.41. The fourth-order valence-corrected chi connectivity index (χ4v) is 10.0. The van der Waals surface area contributed by atoms with Crippen molar-refractivity contribution in [3.63, 3.8) is 0 Å². The summed E-state index contributed by atoms with van der Waals surface area (Å²) in [6.07, 6.45) is 0. The molecule has 0 aliphatic carbocycles. The van der Waals surface area contributed by atoms with Crippen LogP contribution >= 0.6 is 0 Å². The molecule has 3 aromatic heterocycles. The molecule has 4 nitrogen and oxygen atoms in total. The van der Waals surface area contributed by atoms with E-state index in [1.807, 2.05) is 24.3 Å². The Hall–Kier alpha value is -7.34. The van der Waals surface area contributed by atoms with Gasteiger partial charge in [-0.2, -0.15) is 0 Å². The van der Waals surface area contributed by atoms with E-state index in [-0.39, 0.29) is 0 Å². The predicted molar refractivity (Wildman–Crippen MR) is 255 cm³/mol. The second kappa shape index (κ2) is 14.2. The maximum absolute atomic E-state index is 5.16. The first-order valence-electron chi connectivity index (χ1n) is 20.7. The zero-order valence-electron chi connectivity index (χ0n) is 33.8. The monoisotopic (exact) mass is 786 g/mol. The van der Waals surface area contributed by atoms with E-state index in [4.69, 9.17) is 9.97 Å². The molecular weight excluding hydrogens is 745 g/mol. The van der Waals surface area contributed by atoms with E-state index in [1.54, 1.807) is 0 Å². The van der Waals surface area contributed by atoms with Crippen LogP contribution in [-0.4, -0.2) is 27.2 Å². The number of nitrogens with zero attached hydrogens (tertiary/aromatic N) is 4. The number of rotatable bonds is 7. The third kappa shape index (κ3) is 6.14. The summed E-state index contributed by atoms with van der Waals surface area (Å²) < 4.78 is 4.82. The molecule has 11 rings (SSSR count). The highest BCUT2D eigenvalue weighted by molar-refractivity contribution is 6.88. The van der Waals surface area contributed by atoms with Gasteiger partial charge in [0.15, 0.2) is 5.82 Å². The Kier molecular flexibility index (Phi) is 8.46. The molecule has 0 saturated heterocycles. The molecule has 0 N–H and O–H groups in total. The van der Waals surface area contributed by atoms with Crippen molar-refractivity contribution < 1.29 is 0 Å². The van der Waals surface area contributed by atoms with E-state index in [0.29, 0.717) is 5.82 Å². The van der Waals surface area contributed by atoms with Gasteiger partial charge in [0.05, 0.1) is 41.5 Å². The molecule has 0 aliphatic rings. The van der Waals surface area contributed by atoms with Crippen molar-refractivity contribution in [2.75, 3.05) is 0 Å². The van der Waals surface area contributed by atoms with E-state index < -0.39 is 8.07 Å². The van der Waals surface area contributed by atoms with Crippen molar-refractivity contribution in [1.29, 1.82) is 0 Å². The Morgan fingerprint density at radius 1 is 0.333 bits per heavy atom. The molecular formula is C55H42N4Si. The molecule has 0 bridgehead atoms. The first kappa shape index (κ1) is 35.8. The van der Waals surface area contributed by atoms with Gasteiger partial charge in [-0.1, -0.05) is 164 Å². The van der Waals surface area contributed by atoms with Crippen molar-refractivity contribution in [1.82, 2.24) is 19.1 Å². The molecule has 8 aromatic carbocycles. The van der Waals surface area contributed by atoms with Gasteiger partial charge in [-0.15, -0.1) is 0 Å². The topological polar surface area (TPSA) is 35.6 Å². The Labute approximate surface area is 350 Å². The van der Waals surface area contributed by atoms with Gasteiger partial charge >= 0.3 is 0 Å². The van der Waals surface area contributed by atoms with Gasteiger partial charge in [0.2, 0.25) is 0 Å². The van der Waals surface area contributed by atoms with Gasteiger partial charge in [0.1, 0.15) is 0 Å². The van der Waals surface area contributed by atoms with Gasteiger partial charge in [-0.05, 0) is 71.8 Å². The number of hydrogen-bond donors (Lipinski definition) is 0. The van der Waals surface area contributed by atoms with Crippen LogP contribution in [0.4, 0.5) is 0 Å². The zero-order chi connectivity index (χ0) is 40.4. The lowest BCUT2D eigenvalue weighted by atomic mass is 10.0. The minimum Gasteiger partial charge on any atom is -0.309 e. The van der Waals surface area contributed by atoms with Crippen LogP contribution in [0.5, 0.6) is 0 Å². The SMILES string of the molecule is C[Si](C)(C)c1ccc(-n2c3ccccc3c3cc(-c4ccc5c6ccccc6n(-c6cccc(-c7cc(-c8ccccc8)nc(-c8ccccc8)n7)c6)c5c4)ccc32)cc1. The minimum atomic E-state index is -1.41. The second-order valence-electron chi connectivity index (χ2n) is 16.7. The lowest BCUT2D eigenvalue weighted by molar-refractivity contribution is 1.16. The maximum atomic E-state index is 5.16. The molecule has 0 fully saturated rings. The molecule has 286 valence electrons. The maximum Gasteiger partial charge on any atom is 0.160 e. The first-order chi connectivity index (χ1) is 29.4. The molecule has 0 amide bonds. The number of para-hydroxylation sites is 2. The number of aromatic nitrogens is 4. The van der Waals surface area contributed by atoms with Gasteiger partial charge in [0.25, 0.3) is 0 Å². The van der Waals surface area contributed by atoms with Crippen LogP contribution in [0, 0.1) is 0 Å². The quantitative estimate of drug-likeness (QED) is 0.151. The smallest absolute Gasteiger partial charge is 0.160 e. The Morgan fingerprint density at radius 2 is 0.867 bits per heavy atom. The largest absolute Gasteiger partial charge is 0.309 e. The van der Waals surface area contributed by atoms with Crippen molar-refractivity contribution in [3.8, 4) is 56.4 Å². The summed E-state index contributed by atoms with van der Waals surface area (Å²) in [6, 6.07) is 72.2. The highest BCUT2D eigenvalue weighted by atomic mass is 28.3. The van der Waals surface area contributed by atoms with Crippen LogP contribution in [0.15, 0.2) is 200 Å². The molecule has 0 atom stereocenters. The average Bonchev–Trinajstić information content (AvgIpc) is 3.81. The van der Waals surface area contributed by atoms with Crippen LogP contribution in [-0.2, 0) is 0 Å².